The van der Waals surface area contributed by atoms with Crippen molar-refractivity contribution in [1.82, 2.24) is 14.7 Å². The third kappa shape index (κ3) is 2.96. The summed E-state index contributed by atoms with van der Waals surface area (Å²) in [7, 11) is 0. The van der Waals surface area contributed by atoms with Crippen LogP contribution in [-0.4, -0.2) is 21.8 Å². The number of nitrogens with one attached hydrogen (secondary N) is 2. The number of nitrogens with zero attached hydrogens (tertiary/aromatic N) is 2. The van der Waals surface area contributed by atoms with E-state index >= 15 is 0 Å². The van der Waals surface area contributed by atoms with Gasteiger partial charge >= 0.3 is 0 Å². The van der Waals surface area contributed by atoms with Gasteiger partial charge in [0, 0.05) is 30.4 Å². The molecule has 7 heteroatoms. The molecule has 0 spiro atoms. The standard InChI is InChI=1S/C21H19FN4OS/c1-12(27)24-14-5-7-19-20(10-14)28-21-25-18(11-26(19)21)15-6-4-13(9-16(15)22)17-3-2-8-23-17/h4-7,9-11,17,23H,2-3,8H2,1H3,(H,24,27). The summed E-state index contributed by atoms with van der Waals surface area (Å²) in [5.41, 5.74) is 3.88. The molecule has 5 nitrogen and oxygen atoms in total. The number of hydrogen-bond donors (Lipinski definition) is 2. The Morgan fingerprint density at radius 2 is 2.21 bits per heavy atom. The molecule has 0 radical (unpaired) electrons. The summed E-state index contributed by atoms with van der Waals surface area (Å²) in [6, 6.07) is 11.4. The number of anilines is 1. The highest BCUT2D eigenvalue weighted by molar-refractivity contribution is 7.23. The molecule has 28 heavy (non-hydrogen) atoms. The molecule has 5 rings (SSSR count). The summed E-state index contributed by atoms with van der Waals surface area (Å²) in [6.45, 7) is 2.47. The number of carbonyl (C=O) groups excluding carboxylic acids is 1. The lowest BCUT2D eigenvalue weighted by molar-refractivity contribution is -0.114. The van der Waals surface area contributed by atoms with Crippen LogP contribution in [0.5, 0.6) is 0 Å². The molecule has 4 aromatic rings. The maximum Gasteiger partial charge on any atom is 0.221 e. The number of amides is 1. The predicted molar refractivity (Wildman–Crippen MR) is 110 cm³/mol. The summed E-state index contributed by atoms with van der Waals surface area (Å²) in [5.74, 6) is -0.344. The van der Waals surface area contributed by atoms with Gasteiger partial charge in [0.15, 0.2) is 4.96 Å². The Balaban J connectivity index is 1.52. The Labute approximate surface area is 165 Å². The molecule has 1 saturated heterocycles. The van der Waals surface area contributed by atoms with Crippen molar-refractivity contribution in [2.45, 2.75) is 25.8 Å². The minimum Gasteiger partial charge on any atom is -0.326 e. The molecule has 1 atom stereocenters. The van der Waals surface area contributed by atoms with Crippen molar-refractivity contribution in [3.05, 3.63) is 54.0 Å². The first-order valence-corrected chi connectivity index (χ1v) is 10.1. The average Bonchev–Trinajstić information content (AvgIpc) is 3.37. The molecule has 2 aromatic carbocycles. The second-order valence-electron chi connectivity index (χ2n) is 7.13. The second-order valence-corrected chi connectivity index (χ2v) is 8.14. The number of carbonyl (C=O) groups is 1. The van der Waals surface area contributed by atoms with Crippen LogP contribution in [0, 0.1) is 5.82 Å². The zero-order valence-electron chi connectivity index (χ0n) is 15.3. The Morgan fingerprint density at radius 1 is 1.32 bits per heavy atom. The van der Waals surface area contributed by atoms with Gasteiger partial charge < -0.3 is 10.6 Å². The van der Waals surface area contributed by atoms with Gasteiger partial charge in [-0.2, -0.15) is 0 Å². The van der Waals surface area contributed by atoms with Crippen LogP contribution in [0.3, 0.4) is 0 Å². The number of aromatic nitrogens is 2. The van der Waals surface area contributed by atoms with Gasteiger partial charge in [0.25, 0.3) is 0 Å². The number of halogens is 1. The molecule has 1 aliphatic rings. The molecule has 1 fully saturated rings. The van der Waals surface area contributed by atoms with E-state index in [1.165, 1.54) is 18.3 Å². The van der Waals surface area contributed by atoms with Gasteiger partial charge in [-0.25, -0.2) is 9.37 Å². The van der Waals surface area contributed by atoms with Gasteiger partial charge in [0.2, 0.25) is 5.91 Å². The van der Waals surface area contributed by atoms with Crippen LogP contribution in [0.15, 0.2) is 42.6 Å². The molecule has 0 saturated carbocycles. The fraction of sp³-hybridized carbons (Fsp3) is 0.238. The van der Waals surface area contributed by atoms with E-state index in [9.17, 15) is 9.18 Å². The van der Waals surface area contributed by atoms with Crippen molar-refractivity contribution in [1.29, 1.82) is 0 Å². The normalized spacial score (nSPS) is 16.9. The van der Waals surface area contributed by atoms with Crippen molar-refractivity contribution >= 4 is 38.1 Å². The largest absolute Gasteiger partial charge is 0.326 e. The van der Waals surface area contributed by atoms with Crippen LogP contribution in [0.1, 0.15) is 31.4 Å². The van der Waals surface area contributed by atoms with Crippen LogP contribution in [0.25, 0.3) is 26.4 Å². The van der Waals surface area contributed by atoms with Gasteiger partial charge in [-0.3, -0.25) is 9.20 Å². The molecule has 2 aromatic heterocycles. The molecular formula is C21H19FN4OS. The first-order valence-electron chi connectivity index (χ1n) is 9.31. The molecular weight excluding hydrogens is 375 g/mol. The monoisotopic (exact) mass is 394 g/mol. The lowest BCUT2D eigenvalue weighted by Crippen LogP contribution is -2.12. The molecule has 0 aliphatic carbocycles. The van der Waals surface area contributed by atoms with Gasteiger partial charge in [-0.1, -0.05) is 17.4 Å². The summed E-state index contributed by atoms with van der Waals surface area (Å²) in [4.78, 5) is 16.7. The van der Waals surface area contributed by atoms with Crippen molar-refractivity contribution < 1.29 is 9.18 Å². The maximum atomic E-state index is 14.8. The van der Waals surface area contributed by atoms with Gasteiger partial charge in [-0.15, -0.1) is 0 Å². The molecule has 1 aliphatic heterocycles. The van der Waals surface area contributed by atoms with Crippen LogP contribution in [0.2, 0.25) is 0 Å². The first kappa shape index (κ1) is 17.3. The number of benzene rings is 2. The third-order valence-electron chi connectivity index (χ3n) is 5.15. The Kier molecular flexibility index (Phi) is 4.14. The van der Waals surface area contributed by atoms with E-state index in [-0.39, 0.29) is 17.8 Å². The molecule has 1 amide bonds. The van der Waals surface area contributed by atoms with Gasteiger partial charge in [0.05, 0.1) is 15.9 Å². The highest BCUT2D eigenvalue weighted by Crippen LogP contribution is 2.33. The molecule has 1 unspecified atom stereocenters. The van der Waals surface area contributed by atoms with Crippen molar-refractivity contribution in [2.24, 2.45) is 0 Å². The van der Waals surface area contributed by atoms with E-state index < -0.39 is 0 Å². The maximum absolute atomic E-state index is 14.8. The van der Waals surface area contributed by atoms with Crippen molar-refractivity contribution in [2.75, 3.05) is 11.9 Å². The Bertz CT molecular complexity index is 1210. The first-order chi connectivity index (χ1) is 13.6. The third-order valence-corrected chi connectivity index (χ3v) is 6.16. The topological polar surface area (TPSA) is 58.4 Å². The minimum absolute atomic E-state index is 0.102. The molecule has 2 N–H and O–H groups in total. The highest BCUT2D eigenvalue weighted by Gasteiger charge is 2.19. The smallest absolute Gasteiger partial charge is 0.221 e. The van der Waals surface area contributed by atoms with Crippen LogP contribution < -0.4 is 10.6 Å². The molecule has 142 valence electrons. The van der Waals surface area contributed by atoms with Crippen molar-refractivity contribution in [3.63, 3.8) is 0 Å². The van der Waals surface area contributed by atoms with Crippen LogP contribution in [-0.2, 0) is 4.79 Å². The van der Waals surface area contributed by atoms with Crippen molar-refractivity contribution in [3.8, 4) is 11.3 Å². The van der Waals surface area contributed by atoms with E-state index in [2.05, 4.69) is 15.6 Å². The molecule has 0 bridgehead atoms. The fourth-order valence-corrected chi connectivity index (χ4v) is 4.88. The highest BCUT2D eigenvalue weighted by atomic mass is 32.1. The van der Waals surface area contributed by atoms with Crippen LogP contribution in [0.4, 0.5) is 10.1 Å². The number of fused-ring (bicyclic) bond motifs is 3. The van der Waals surface area contributed by atoms with E-state index in [0.717, 1.165) is 45.8 Å². The van der Waals surface area contributed by atoms with E-state index in [1.807, 2.05) is 40.9 Å². The van der Waals surface area contributed by atoms with E-state index in [1.54, 1.807) is 6.07 Å². The lowest BCUT2D eigenvalue weighted by atomic mass is 10.0. The SMILES string of the molecule is CC(=O)Nc1ccc2c(c1)sc1nc(-c3ccc(C4CCCN4)cc3F)cn12. The number of thiazole rings is 1. The summed E-state index contributed by atoms with van der Waals surface area (Å²) >= 11 is 1.52. The van der Waals surface area contributed by atoms with Crippen LogP contribution >= 0.6 is 11.3 Å². The zero-order valence-corrected chi connectivity index (χ0v) is 16.1. The number of imidazole rings is 1. The Morgan fingerprint density at radius 3 is 2.96 bits per heavy atom. The zero-order chi connectivity index (χ0) is 19.3. The number of hydrogen-bond acceptors (Lipinski definition) is 4. The average molecular weight is 394 g/mol. The fourth-order valence-electron chi connectivity index (χ4n) is 3.84. The minimum atomic E-state index is -0.241. The summed E-state index contributed by atoms with van der Waals surface area (Å²) in [5, 5.41) is 6.19. The summed E-state index contributed by atoms with van der Waals surface area (Å²) < 4.78 is 17.8. The van der Waals surface area contributed by atoms with Gasteiger partial charge in [-0.05, 0) is 55.3 Å². The number of rotatable bonds is 3. The lowest BCUT2D eigenvalue weighted by Gasteiger charge is -2.11. The van der Waals surface area contributed by atoms with E-state index in [0.29, 0.717) is 11.3 Å². The van der Waals surface area contributed by atoms with Gasteiger partial charge in [0.1, 0.15) is 5.82 Å². The molecule has 3 heterocycles. The quantitative estimate of drug-likeness (QED) is 0.528. The summed E-state index contributed by atoms with van der Waals surface area (Å²) in [6.07, 6.45) is 4.05. The Hall–Kier alpha value is -2.77. The predicted octanol–water partition coefficient (Wildman–Crippen LogP) is 4.74. The van der Waals surface area contributed by atoms with E-state index in [4.69, 9.17) is 0 Å². The second kappa shape index (κ2) is 6.68.